The molecule has 0 bridgehead atoms. The second-order valence-corrected chi connectivity index (χ2v) is 6.74. The van der Waals surface area contributed by atoms with Crippen LogP contribution >= 0.6 is 12.4 Å². The van der Waals surface area contributed by atoms with Gasteiger partial charge in [0.25, 0.3) is 0 Å². The first-order valence-corrected chi connectivity index (χ1v) is 9.53. The van der Waals surface area contributed by atoms with Crippen molar-refractivity contribution < 1.29 is 19.7 Å². The molecule has 0 spiro atoms. The Bertz CT molecular complexity index is 817. The summed E-state index contributed by atoms with van der Waals surface area (Å²) in [6, 6.07) is 7.16. The number of aliphatic hydroxyl groups excluding tert-OH is 1. The molecule has 3 rings (SSSR count). The van der Waals surface area contributed by atoms with Crippen molar-refractivity contribution in [3.8, 4) is 0 Å². The Balaban J connectivity index is 0.00000320. The first-order valence-electron chi connectivity index (χ1n) is 9.53. The van der Waals surface area contributed by atoms with Gasteiger partial charge in [0.05, 0.1) is 32.3 Å². The largest absolute Gasteiger partial charge is 0.481 e. The van der Waals surface area contributed by atoms with Gasteiger partial charge in [0.2, 0.25) is 17.8 Å². The highest BCUT2D eigenvalue weighted by atomic mass is 35.5. The number of rotatable bonds is 9. The third kappa shape index (κ3) is 6.68. The van der Waals surface area contributed by atoms with E-state index in [-0.39, 0.29) is 31.4 Å². The molecule has 1 fully saturated rings. The highest BCUT2D eigenvalue weighted by molar-refractivity contribution is 5.85. The second kappa shape index (κ2) is 11.5. The van der Waals surface area contributed by atoms with Gasteiger partial charge < -0.3 is 30.5 Å². The van der Waals surface area contributed by atoms with Crippen LogP contribution in [0.3, 0.4) is 0 Å². The molecular formula is C19H27ClN6O4. The van der Waals surface area contributed by atoms with Gasteiger partial charge in [-0.15, -0.1) is 12.4 Å². The number of nitrogens with zero attached hydrogens (tertiary/aromatic N) is 4. The molecule has 0 saturated carbocycles. The Hall–Kier alpha value is -2.69. The van der Waals surface area contributed by atoms with Gasteiger partial charge in [0, 0.05) is 19.6 Å². The standard InChI is InChI=1S/C19H26N6O4.ClH/c1-13-2-4-14(5-3-13)15(12-16(27)28)21-18-22-17(20-6-9-26)23-19(24-18)25-7-10-29-11-8-25;/h2-5,15,26H,6-12H2,1H3,(H,27,28)(H2,20,21,22,23,24);1H. The lowest BCUT2D eigenvalue weighted by atomic mass is 10.0. The van der Waals surface area contributed by atoms with Crippen LogP contribution in [0.5, 0.6) is 0 Å². The molecule has 1 aliphatic heterocycles. The molecule has 0 radical (unpaired) electrons. The second-order valence-electron chi connectivity index (χ2n) is 6.74. The van der Waals surface area contributed by atoms with Gasteiger partial charge in [-0.2, -0.15) is 15.0 Å². The first-order chi connectivity index (χ1) is 14.0. The summed E-state index contributed by atoms with van der Waals surface area (Å²) in [4.78, 5) is 26.7. The number of nitrogens with one attached hydrogen (secondary N) is 2. The summed E-state index contributed by atoms with van der Waals surface area (Å²) in [7, 11) is 0. The fourth-order valence-electron chi connectivity index (χ4n) is 2.96. The van der Waals surface area contributed by atoms with E-state index in [2.05, 4.69) is 25.6 Å². The Labute approximate surface area is 181 Å². The number of hydrogen-bond acceptors (Lipinski definition) is 9. The first kappa shape index (κ1) is 23.6. The third-order valence-electron chi connectivity index (χ3n) is 4.47. The molecule has 1 unspecified atom stereocenters. The van der Waals surface area contributed by atoms with Crippen LogP contribution < -0.4 is 15.5 Å². The maximum atomic E-state index is 11.4. The van der Waals surface area contributed by atoms with Gasteiger partial charge in [-0.3, -0.25) is 4.79 Å². The summed E-state index contributed by atoms with van der Waals surface area (Å²) in [5, 5.41) is 24.5. The average Bonchev–Trinajstić information content (AvgIpc) is 2.72. The van der Waals surface area contributed by atoms with Crippen LogP contribution in [0.2, 0.25) is 0 Å². The van der Waals surface area contributed by atoms with Crippen molar-refractivity contribution in [2.24, 2.45) is 0 Å². The maximum Gasteiger partial charge on any atom is 0.305 e. The van der Waals surface area contributed by atoms with Gasteiger partial charge in [-0.25, -0.2) is 0 Å². The summed E-state index contributed by atoms with van der Waals surface area (Å²) >= 11 is 0. The number of aliphatic carboxylic acids is 1. The van der Waals surface area contributed by atoms with E-state index in [1.807, 2.05) is 36.1 Å². The van der Waals surface area contributed by atoms with E-state index in [4.69, 9.17) is 9.84 Å². The molecule has 2 aromatic rings. The molecule has 0 amide bonds. The molecule has 11 heteroatoms. The number of halogens is 1. The predicted molar refractivity (Wildman–Crippen MR) is 115 cm³/mol. The Morgan fingerprint density at radius 2 is 1.83 bits per heavy atom. The topological polar surface area (TPSA) is 133 Å². The number of carboxylic acids is 1. The van der Waals surface area contributed by atoms with Crippen LogP contribution in [-0.2, 0) is 9.53 Å². The molecule has 0 aliphatic carbocycles. The highest BCUT2D eigenvalue weighted by Gasteiger charge is 2.20. The van der Waals surface area contributed by atoms with E-state index in [1.54, 1.807) is 0 Å². The molecule has 1 atom stereocenters. The summed E-state index contributed by atoms with van der Waals surface area (Å²) in [5.41, 5.74) is 1.92. The number of aliphatic hydroxyl groups is 1. The molecule has 1 saturated heterocycles. The zero-order valence-corrected chi connectivity index (χ0v) is 17.6. The fourth-order valence-corrected chi connectivity index (χ4v) is 2.96. The highest BCUT2D eigenvalue weighted by Crippen LogP contribution is 2.23. The lowest BCUT2D eigenvalue weighted by Gasteiger charge is -2.27. The Kier molecular flexibility index (Phi) is 9.03. The minimum absolute atomic E-state index is 0. The smallest absolute Gasteiger partial charge is 0.305 e. The van der Waals surface area contributed by atoms with E-state index in [0.29, 0.717) is 44.7 Å². The van der Waals surface area contributed by atoms with Crippen molar-refractivity contribution >= 4 is 36.2 Å². The van der Waals surface area contributed by atoms with E-state index < -0.39 is 12.0 Å². The number of aromatic nitrogens is 3. The summed E-state index contributed by atoms with van der Waals surface area (Å²) in [5.74, 6) is 0.137. The van der Waals surface area contributed by atoms with Gasteiger partial charge in [-0.05, 0) is 12.5 Å². The van der Waals surface area contributed by atoms with Crippen molar-refractivity contribution in [1.29, 1.82) is 0 Å². The minimum Gasteiger partial charge on any atom is -0.481 e. The summed E-state index contributed by atoms with van der Waals surface area (Å²) in [6.45, 7) is 4.68. The number of carbonyl (C=O) groups is 1. The molecule has 164 valence electrons. The number of benzene rings is 1. The molecule has 10 nitrogen and oxygen atoms in total. The van der Waals surface area contributed by atoms with Gasteiger partial charge >= 0.3 is 5.97 Å². The van der Waals surface area contributed by atoms with Gasteiger partial charge in [0.1, 0.15) is 0 Å². The van der Waals surface area contributed by atoms with Crippen LogP contribution in [0.4, 0.5) is 17.8 Å². The van der Waals surface area contributed by atoms with Crippen molar-refractivity contribution in [3.63, 3.8) is 0 Å². The monoisotopic (exact) mass is 438 g/mol. The molecular weight excluding hydrogens is 412 g/mol. The number of ether oxygens (including phenoxy) is 1. The van der Waals surface area contributed by atoms with Crippen LogP contribution in [-0.4, -0.2) is 70.6 Å². The van der Waals surface area contributed by atoms with Crippen LogP contribution in [0.15, 0.2) is 24.3 Å². The molecule has 4 N–H and O–H groups in total. The molecule has 1 aromatic heterocycles. The number of carboxylic acid groups (broad SMARTS) is 1. The van der Waals surface area contributed by atoms with Gasteiger partial charge in [-0.1, -0.05) is 29.8 Å². The van der Waals surface area contributed by atoms with Crippen LogP contribution in [0.1, 0.15) is 23.6 Å². The fraction of sp³-hybridized carbons (Fsp3) is 0.474. The van der Waals surface area contributed by atoms with E-state index >= 15 is 0 Å². The molecule has 1 aliphatic rings. The SMILES string of the molecule is Cc1ccc(C(CC(=O)O)Nc2nc(NCCO)nc(N3CCOCC3)n2)cc1.Cl. The Morgan fingerprint density at radius 3 is 2.47 bits per heavy atom. The zero-order valence-electron chi connectivity index (χ0n) is 16.7. The van der Waals surface area contributed by atoms with Crippen molar-refractivity contribution in [2.75, 3.05) is 55.0 Å². The molecule has 30 heavy (non-hydrogen) atoms. The quantitative estimate of drug-likeness (QED) is 0.456. The lowest BCUT2D eigenvalue weighted by Crippen LogP contribution is -2.37. The van der Waals surface area contributed by atoms with Crippen molar-refractivity contribution in [1.82, 2.24) is 15.0 Å². The third-order valence-corrected chi connectivity index (χ3v) is 4.47. The normalized spacial score (nSPS) is 14.5. The molecule has 2 heterocycles. The predicted octanol–water partition coefficient (Wildman–Crippen LogP) is 1.47. The van der Waals surface area contributed by atoms with Gasteiger partial charge in [0.15, 0.2) is 0 Å². The number of aryl methyl sites for hydroxylation is 1. The van der Waals surface area contributed by atoms with Crippen LogP contribution in [0.25, 0.3) is 0 Å². The number of hydrogen-bond donors (Lipinski definition) is 4. The maximum absolute atomic E-state index is 11.4. The Morgan fingerprint density at radius 1 is 1.17 bits per heavy atom. The zero-order chi connectivity index (χ0) is 20.6. The van der Waals surface area contributed by atoms with E-state index in [9.17, 15) is 9.90 Å². The molecule has 1 aromatic carbocycles. The number of anilines is 3. The minimum atomic E-state index is -0.927. The number of morpholine rings is 1. The average molecular weight is 439 g/mol. The lowest BCUT2D eigenvalue weighted by molar-refractivity contribution is -0.137. The van der Waals surface area contributed by atoms with Crippen LogP contribution in [0, 0.1) is 6.92 Å². The van der Waals surface area contributed by atoms with Crippen molar-refractivity contribution in [3.05, 3.63) is 35.4 Å². The summed E-state index contributed by atoms with van der Waals surface area (Å²) < 4.78 is 5.38. The van der Waals surface area contributed by atoms with E-state index in [0.717, 1.165) is 11.1 Å². The van der Waals surface area contributed by atoms with Crippen molar-refractivity contribution in [2.45, 2.75) is 19.4 Å². The summed E-state index contributed by atoms with van der Waals surface area (Å²) in [6.07, 6.45) is -0.124. The van der Waals surface area contributed by atoms with E-state index in [1.165, 1.54) is 0 Å².